The average molecular weight is 508 g/mol. The van der Waals surface area contributed by atoms with Crippen molar-refractivity contribution in [2.24, 2.45) is 0 Å². The topological polar surface area (TPSA) is 64.0 Å². The van der Waals surface area contributed by atoms with Gasteiger partial charge in [-0.1, -0.05) is 78.3 Å². The number of para-hydroxylation sites is 2. The van der Waals surface area contributed by atoms with Crippen LogP contribution in [-0.4, -0.2) is 21.2 Å². The van der Waals surface area contributed by atoms with E-state index in [0.717, 1.165) is 27.7 Å². The lowest BCUT2D eigenvalue weighted by Crippen LogP contribution is -2.30. The van der Waals surface area contributed by atoms with Crippen LogP contribution in [0.3, 0.4) is 0 Å². The summed E-state index contributed by atoms with van der Waals surface area (Å²) in [6.07, 6.45) is 0.253. The molecule has 0 saturated heterocycles. The van der Waals surface area contributed by atoms with Gasteiger partial charge in [-0.3, -0.25) is 9.59 Å². The lowest BCUT2D eigenvalue weighted by atomic mass is 10.0. The summed E-state index contributed by atoms with van der Waals surface area (Å²) in [7, 11) is 0. The molecule has 0 fully saturated rings. The predicted molar refractivity (Wildman–Crippen MR) is 148 cm³/mol. The largest absolute Gasteiger partial charge is 0.346 e. The maximum atomic E-state index is 13.1. The molecule has 1 aromatic heterocycles. The molecule has 6 heteroatoms. The third-order valence-electron chi connectivity index (χ3n) is 6.34. The third kappa shape index (κ3) is 5.63. The molecule has 0 aliphatic rings. The SMILES string of the molecule is CC(NC(=O)Cc1ccc(-c2ccccc2)cc1)c1nc2ccccc2n1CC(=O)c1ccc(Cl)cc1. The minimum atomic E-state index is -0.387. The van der Waals surface area contributed by atoms with Crippen LogP contribution >= 0.6 is 11.6 Å². The average Bonchev–Trinajstić information content (AvgIpc) is 3.28. The van der Waals surface area contributed by atoms with Gasteiger partial charge in [0.1, 0.15) is 5.82 Å². The zero-order valence-corrected chi connectivity index (χ0v) is 21.2. The van der Waals surface area contributed by atoms with Crippen LogP contribution in [0.1, 0.15) is 34.7 Å². The van der Waals surface area contributed by atoms with Crippen LogP contribution in [0, 0.1) is 0 Å². The summed E-state index contributed by atoms with van der Waals surface area (Å²) < 4.78 is 1.88. The number of ketones is 1. The van der Waals surface area contributed by atoms with Crippen molar-refractivity contribution in [1.82, 2.24) is 14.9 Å². The summed E-state index contributed by atoms with van der Waals surface area (Å²) in [6, 6.07) is 32.3. The number of imidazole rings is 1. The number of aromatic nitrogens is 2. The van der Waals surface area contributed by atoms with Crippen molar-refractivity contribution in [3.05, 3.63) is 125 Å². The Morgan fingerprint density at radius 1 is 0.838 bits per heavy atom. The van der Waals surface area contributed by atoms with Gasteiger partial charge in [0.05, 0.1) is 30.0 Å². The lowest BCUT2D eigenvalue weighted by Gasteiger charge is -2.16. The molecule has 184 valence electrons. The third-order valence-corrected chi connectivity index (χ3v) is 6.59. The zero-order chi connectivity index (χ0) is 25.8. The monoisotopic (exact) mass is 507 g/mol. The molecule has 0 aliphatic heterocycles. The van der Waals surface area contributed by atoms with E-state index in [1.54, 1.807) is 24.3 Å². The van der Waals surface area contributed by atoms with Crippen molar-refractivity contribution in [2.45, 2.75) is 25.9 Å². The fourth-order valence-corrected chi connectivity index (χ4v) is 4.58. The molecule has 1 heterocycles. The number of carbonyl (C=O) groups excluding carboxylic acids is 2. The second-order valence-electron chi connectivity index (χ2n) is 9.00. The number of halogens is 1. The highest BCUT2D eigenvalue weighted by molar-refractivity contribution is 6.30. The molecule has 5 nitrogen and oxygen atoms in total. The number of Topliss-reactive ketones (excluding diaryl/α,β-unsaturated/α-hetero) is 1. The number of fused-ring (bicyclic) bond motifs is 1. The van der Waals surface area contributed by atoms with Crippen LogP contribution in [0.4, 0.5) is 0 Å². The van der Waals surface area contributed by atoms with Crippen LogP contribution in [0.15, 0.2) is 103 Å². The van der Waals surface area contributed by atoms with Crippen LogP contribution < -0.4 is 5.32 Å². The van der Waals surface area contributed by atoms with Crippen molar-refractivity contribution in [3.63, 3.8) is 0 Å². The van der Waals surface area contributed by atoms with Crippen molar-refractivity contribution >= 4 is 34.3 Å². The molecule has 0 spiro atoms. The van der Waals surface area contributed by atoms with E-state index in [4.69, 9.17) is 16.6 Å². The van der Waals surface area contributed by atoms with E-state index in [-0.39, 0.29) is 30.7 Å². The Kier molecular flexibility index (Phi) is 7.15. The van der Waals surface area contributed by atoms with E-state index < -0.39 is 0 Å². The first-order chi connectivity index (χ1) is 18.0. The number of carbonyl (C=O) groups is 2. The Morgan fingerprint density at radius 3 is 2.22 bits per heavy atom. The lowest BCUT2D eigenvalue weighted by molar-refractivity contribution is -0.121. The first kappa shape index (κ1) is 24.5. The number of benzene rings is 4. The molecule has 1 amide bonds. The molecule has 1 N–H and O–H groups in total. The van der Waals surface area contributed by atoms with Crippen molar-refractivity contribution in [2.75, 3.05) is 0 Å². The summed E-state index contributed by atoms with van der Waals surface area (Å²) >= 11 is 5.98. The second kappa shape index (κ2) is 10.8. The molecule has 4 aromatic carbocycles. The molecule has 5 aromatic rings. The fraction of sp³-hybridized carbons (Fsp3) is 0.129. The molecule has 0 radical (unpaired) electrons. The minimum absolute atomic E-state index is 0.0573. The molecular formula is C31H26ClN3O2. The predicted octanol–water partition coefficient (Wildman–Crippen LogP) is 6.66. The Morgan fingerprint density at radius 2 is 1.49 bits per heavy atom. The van der Waals surface area contributed by atoms with E-state index in [2.05, 4.69) is 17.4 Å². The van der Waals surface area contributed by atoms with Gasteiger partial charge in [0.2, 0.25) is 5.91 Å². The second-order valence-corrected chi connectivity index (χ2v) is 9.44. The summed E-state index contributed by atoms with van der Waals surface area (Å²) in [4.78, 5) is 30.7. The van der Waals surface area contributed by atoms with Crippen molar-refractivity contribution < 1.29 is 9.59 Å². The molecule has 0 aliphatic carbocycles. The van der Waals surface area contributed by atoms with Crippen molar-refractivity contribution in [3.8, 4) is 11.1 Å². The Labute approximate surface area is 220 Å². The molecule has 0 saturated carbocycles. The van der Waals surface area contributed by atoms with Crippen LogP contribution in [0.25, 0.3) is 22.2 Å². The van der Waals surface area contributed by atoms with Crippen molar-refractivity contribution in [1.29, 1.82) is 0 Å². The number of hydrogen-bond donors (Lipinski definition) is 1. The van der Waals surface area contributed by atoms with Gasteiger partial charge in [0, 0.05) is 10.6 Å². The summed E-state index contributed by atoms with van der Waals surface area (Å²) in [5.41, 5.74) is 5.37. The summed E-state index contributed by atoms with van der Waals surface area (Å²) in [6.45, 7) is 2.00. The molecule has 37 heavy (non-hydrogen) atoms. The van der Waals surface area contributed by atoms with Crippen LogP contribution in [-0.2, 0) is 17.8 Å². The van der Waals surface area contributed by atoms with Crippen LogP contribution in [0.5, 0.6) is 0 Å². The number of hydrogen-bond acceptors (Lipinski definition) is 3. The number of amides is 1. The van der Waals surface area contributed by atoms with E-state index in [9.17, 15) is 9.59 Å². The van der Waals surface area contributed by atoms with Gasteiger partial charge in [0.15, 0.2) is 5.78 Å². The molecular weight excluding hydrogens is 482 g/mol. The van der Waals surface area contributed by atoms with Gasteiger partial charge < -0.3 is 9.88 Å². The van der Waals surface area contributed by atoms with Gasteiger partial charge in [-0.15, -0.1) is 0 Å². The number of rotatable bonds is 8. The van der Waals surface area contributed by atoms with Gasteiger partial charge in [-0.2, -0.15) is 0 Å². The summed E-state index contributed by atoms with van der Waals surface area (Å²) in [5.74, 6) is 0.469. The van der Waals surface area contributed by atoms with Gasteiger partial charge in [-0.05, 0) is 60.0 Å². The Hall–Kier alpha value is -4.22. The maximum Gasteiger partial charge on any atom is 0.224 e. The fourth-order valence-electron chi connectivity index (χ4n) is 4.45. The quantitative estimate of drug-likeness (QED) is 0.239. The highest BCUT2D eigenvalue weighted by atomic mass is 35.5. The standard InChI is InChI=1S/C31H26ClN3O2/c1-21(33-30(37)19-22-11-13-24(14-12-22)23-7-3-2-4-8-23)31-34-27-9-5-6-10-28(27)35(31)20-29(36)25-15-17-26(32)18-16-25/h2-18,21H,19-20H2,1H3,(H,33,37). The molecule has 1 unspecified atom stereocenters. The normalized spacial score (nSPS) is 11.8. The first-order valence-electron chi connectivity index (χ1n) is 12.2. The smallest absolute Gasteiger partial charge is 0.224 e. The molecule has 0 bridgehead atoms. The van der Waals surface area contributed by atoms with E-state index in [1.807, 2.05) is 78.2 Å². The van der Waals surface area contributed by atoms with E-state index >= 15 is 0 Å². The minimum Gasteiger partial charge on any atom is -0.346 e. The number of nitrogens with zero attached hydrogens (tertiary/aromatic N) is 2. The van der Waals surface area contributed by atoms with Gasteiger partial charge >= 0.3 is 0 Å². The highest BCUT2D eigenvalue weighted by Gasteiger charge is 2.20. The van der Waals surface area contributed by atoms with E-state index in [1.165, 1.54) is 0 Å². The van der Waals surface area contributed by atoms with E-state index in [0.29, 0.717) is 16.4 Å². The number of nitrogens with one attached hydrogen (secondary N) is 1. The van der Waals surface area contributed by atoms with Gasteiger partial charge in [-0.25, -0.2) is 4.98 Å². The van der Waals surface area contributed by atoms with Crippen LogP contribution in [0.2, 0.25) is 5.02 Å². The molecule has 1 atom stereocenters. The highest BCUT2D eigenvalue weighted by Crippen LogP contribution is 2.23. The molecule has 5 rings (SSSR count). The first-order valence-corrected chi connectivity index (χ1v) is 12.5. The Bertz CT molecular complexity index is 1540. The maximum absolute atomic E-state index is 13.1. The summed E-state index contributed by atoms with van der Waals surface area (Å²) in [5, 5.41) is 3.64. The Balaban J connectivity index is 1.32. The van der Waals surface area contributed by atoms with Gasteiger partial charge in [0.25, 0.3) is 0 Å². The zero-order valence-electron chi connectivity index (χ0n) is 20.4.